The van der Waals surface area contributed by atoms with Gasteiger partial charge in [-0.25, -0.2) is 0 Å². The quantitative estimate of drug-likeness (QED) is 0.846. The Balaban J connectivity index is 1.91. The maximum Gasteiger partial charge on any atom is 0.0108 e. The van der Waals surface area contributed by atoms with Crippen molar-refractivity contribution in [3.05, 3.63) is 0 Å². The third-order valence-corrected chi connectivity index (χ3v) is 5.52. The van der Waals surface area contributed by atoms with E-state index >= 15 is 0 Å². The van der Waals surface area contributed by atoms with Gasteiger partial charge in [0, 0.05) is 37.2 Å². The first kappa shape index (κ1) is 14.7. The van der Waals surface area contributed by atoms with Gasteiger partial charge in [-0.1, -0.05) is 20.8 Å². The fourth-order valence-corrected chi connectivity index (χ4v) is 4.55. The van der Waals surface area contributed by atoms with Crippen LogP contribution in [0.15, 0.2) is 0 Å². The number of thioether (sulfide) groups is 1. The predicted octanol–water partition coefficient (Wildman–Crippen LogP) is 2.84. The summed E-state index contributed by atoms with van der Waals surface area (Å²) in [6.07, 6.45) is 4.15. The lowest BCUT2D eigenvalue weighted by atomic mass is 9.69. The van der Waals surface area contributed by atoms with Gasteiger partial charge in [0.1, 0.15) is 0 Å². The molecule has 1 aliphatic carbocycles. The molecule has 0 bridgehead atoms. The second-order valence-electron chi connectivity index (χ2n) is 6.74. The molecule has 0 radical (unpaired) electrons. The zero-order valence-corrected chi connectivity index (χ0v) is 13.2. The fraction of sp³-hybridized carbons (Fsp3) is 1.00. The lowest BCUT2D eigenvalue weighted by Gasteiger charge is -2.43. The molecule has 106 valence electrons. The lowest BCUT2D eigenvalue weighted by molar-refractivity contribution is 0.104. The molecule has 1 aliphatic heterocycles. The number of nitrogens with one attached hydrogen (secondary N) is 1. The minimum absolute atomic E-state index is 0.557. The minimum atomic E-state index is 0.557. The van der Waals surface area contributed by atoms with E-state index in [1.54, 1.807) is 0 Å². The molecule has 0 aromatic carbocycles. The van der Waals surface area contributed by atoms with E-state index in [4.69, 9.17) is 0 Å². The third-order valence-electron chi connectivity index (χ3n) is 4.58. The summed E-state index contributed by atoms with van der Waals surface area (Å²) in [5, 5.41) is 3.73. The van der Waals surface area contributed by atoms with Crippen LogP contribution in [-0.2, 0) is 0 Å². The molecule has 18 heavy (non-hydrogen) atoms. The van der Waals surface area contributed by atoms with Crippen LogP contribution in [0.4, 0.5) is 0 Å². The van der Waals surface area contributed by atoms with E-state index in [0.717, 1.165) is 18.5 Å². The highest BCUT2D eigenvalue weighted by Gasteiger charge is 2.35. The lowest BCUT2D eigenvalue weighted by Crippen LogP contribution is -2.48. The van der Waals surface area contributed by atoms with Crippen LogP contribution in [0.5, 0.6) is 0 Å². The molecule has 0 aromatic heterocycles. The maximum absolute atomic E-state index is 3.73. The Morgan fingerprint density at radius 1 is 1.28 bits per heavy atom. The SMILES string of the molecule is CCNC1CCC(C)(C)CC1CN1CCSCC1. The van der Waals surface area contributed by atoms with Crippen LogP contribution in [0, 0.1) is 11.3 Å². The van der Waals surface area contributed by atoms with Crippen molar-refractivity contribution in [3.63, 3.8) is 0 Å². The number of hydrogen-bond acceptors (Lipinski definition) is 3. The highest BCUT2D eigenvalue weighted by atomic mass is 32.2. The molecule has 2 aliphatic rings. The van der Waals surface area contributed by atoms with Crippen LogP contribution < -0.4 is 5.32 Å². The van der Waals surface area contributed by atoms with Crippen molar-refractivity contribution in [2.45, 2.75) is 46.1 Å². The van der Waals surface area contributed by atoms with E-state index in [-0.39, 0.29) is 0 Å². The van der Waals surface area contributed by atoms with Gasteiger partial charge in [0.25, 0.3) is 0 Å². The summed E-state index contributed by atoms with van der Waals surface area (Å²) in [6, 6.07) is 0.762. The van der Waals surface area contributed by atoms with Crippen molar-refractivity contribution in [1.29, 1.82) is 0 Å². The molecule has 1 saturated carbocycles. The van der Waals surface area contributed by atoms with Gasteiger partial charge in [0.2, 0.25) is 0 Å². The van der Waals surface area contributed by atoms with E-state index in [0.29, 0.717) is 5.41 Å². The summed E-state index contributed by atoms with van der Waals surface area (Å²) in [4.78, 5) is 2.70. The van der Waals surface area contributed by atoms with Crippen LogP contribution in [0.2, 0.25) is 0 Å². The van der Waals surface area contributed by atoms with Gasteiger partial charge in [-0.15, -0.1) is 0 Å². The molecule has 1 saturated heterocycles. The monoisotopic (exact) mass is 270 g/mol. The average molecular weight is 270 g/mol. The Morgan fingerprint density at radius 3 is 2.67 bits per heavy atom. The largest absolute Gasteiger partial charge is 0.314 e. The van der Waals surface area contributed by atoms with Crippen molar-refractivity contribution in [1.82, 2.24) is 10.2 Å². The highest BCUT2D eigenvalue weighted by Crippen LogP contribution is 2.39. The van der Waals surface area contributed by atoms with Crippen LogP contribution in [0.1, 0.15) is 40.0 Å². The molecular weight excluding hydrogens is 240 g/mol. The highest BCUT2D eigenvalue weighted by molar-refractivity contribution is 7.99. The van der Waals surface area contributed by atoms with Crippen LogP contribution in [0.3, 0.4) is 0 Å². The van der Waals surface area contributed by atoms with Crippen LogP contribution >= 0.6 is 11.8 Å². The Bertz CT molecular complexity index is 249. The minimum Gasteiger partial charge on any atom is -0.314 e. The molecular formula is C15H30N2S. The van der Waals surface area contributed by atoms with E-state index in [1.807, 2.05) is 0 Å². The average Bonchev–Trinajstić information content (AvgIpc) is 2.34. The molecule has 1 heterocycles. The van der Waals surface area contributed by atoms with Gasteiger partial charge >= 0.3 is 0 Å². The first-order valence-corrected chi connectivity index (χ1v) is 8.80. The first-order chi connectivity index (χ1) is 8.61. The zero-order chi connectivity index (χ0) is 13.0. The van der Waals surface area contributed by atoms with Crippen molar-refractivity contribution in [2.24, 2.45) is 11.3 Å². The van der Waals surface area contributed by atoms with Gasteiger partial charge < -0.3 is 10.2 Å². The zero-order valence-electron chi connectivity index (χ0n) is 12.4. The van der Waals surface area contributed by atoms with Crippen LogP contribution in [0.25, 0.3) is 0 Å². The van der Waals surface area contributed by atoms with Gasteiger partial charge in [0.05, 0.1) is 0 Å². The standard InChI is InChI=1S/C15H30N2S/c1-4-16-14-5-6-15(2,3)11-13(14)12-17-7-9-18-10-8-17/h13-14,16H,4-12H2,1-3H3. The smallest absolute Gasteiger partial charge is 0.0108 e. The molecule has 0 amide bonds. The van der Waals surface area contributed by atoms with Gasteiger partial charge in [-0.2, -0.15) is 11.8 Å². The third kappa shape index (κ3) is 4.14. The van der Waals surface area contributed by atoms with Crippen LogP contribution in [-0.4, -0.2) is 48.6 Å². The molecule has 2 rings (SSSR count). The molecule has 2 nitrogen and oxygen atoms in total. The second kappa shape index (κ2) is 6.62. The molecule has 2 fully saturated rings. The number of nitrogens with zero attached hydrogens (tertiary/aromatic N) is 1. The van der Waals surface area contributed by atoms with Crippen molar-refractivity contribution < 1.29 is 0 Å². The van der Waals surface area contributed by atoms with E-state index in [1.165, 1.54) is 50.4 Å². The molecule has 2 unspecified atom stereocenters. The number of rotatable bonds is 4. The summed E-state index contributed by atoms with van der Waals surface area (Å²) in [5.41, 5.74) is 0.557. The van der Waals surface area contributed by atoms with Crippen molar-refractivity contribution in [3.8, 4) is 0 Å². The Labute approximate surface area is 117 Å². The molecule has 2 atom stereocenters. The predicted molar refractivity (Wildman–Crippen MR) is 82.4 cm³/mol. The Kier molecular flexibility index (Phi) is 5.40. The van der Waals surface area contributed by atoms with Gasteiger partial charge in [0.15, 0.2) is 0 Å². The van der Waals surface area contributed by atoms with Gasteiger partial charge in [-0.05, 0) is 37.1 Å². The topological polar surface area (TPSA) is 15.3 Å². The molecule has 1 N–H and O–H groups in total. The fourth-order valence-electron chi connectivity index (χ4n) is 3.57. The normalized spacial score (nSPS) is 33.5. The van der Waals surface area contributed by atoms with Crippen molar-refractivity contribution in [2.75, 3.05) is 37.7 Å². The number of hydrogen-bond donors (Lipinski definition) is 1. The summed E-state index contributed by atoms with van der Waals surface area (Å²) in [6.45, 7) is 12.2. The molecule has 0 spiro atoms. The maximum atomic E-state index is 3.73. The second-order valence-corrected chi connectivity index (χ2v) is 7.97. The molecule has 0 aromatic rings. The van der Waals surface area contributed by atoms with E-state index in [9.17, 15) is 0 Å². The Hall–Kier alpha value is 0.270. The summed E-state index contributed by atoms with van der Waals surface area (Å²) < 4.78 is 0. The summed E-state index contributed by atoms with van der Waals surface area (Å²) in [7, 11) is 0. The van der Waals surface area contributed by atoms with Crippen molar-refractivity contribution >= 4 is 11.8 Å². The Morgan fingerprint density at radius 2 is 2.00 bits per heavy atom. The van der Waals surface area contributed by atoms with E-state index in [2.05, 4.69) is 42.7 Å². The summed E-state index contributed by atoms with van der Waals surface area (Å²) in [5.74, 6) is 3.53. The first-order valence-electron chi connectivity index (χ1n) is 7.64. The van der Waals surface area contributed by atoms with Gasteiger partial charge in [-0.3, -0.25) is 0 Å². The van der Waals surface area contributed by atoms with E-state index < -0.39 is 0 Å². The molecule has 3 heteroatoms. The summed E-state index contributed by atoms with van der Waals surface area (Å²) >= 11 is 2.11.